The van der Waals surface area contributed by atoms with E-state index in [1.54, 1.807) is 12.1 Å². The van der Waals surface area contributed by atoms with Gasteiger partial charge in [-0.2, -0.15) is 0 Å². The van der Waals surface area contributed by atoms with E-state index in [1.807, 2.05) is 12.1 Å². The van der Waals surface area contributed by atoms with Crippen molar-refractivity contribution in [3.63, 3.8) is 0 Å². The highest BCUT2D eigenvalue weighted by atomic mass is 32.2. The highest BCUT2D eigenvalue weighted by Crippen LogP contribution is 2.37. The SMILES string of the molecule is CCC1CC(N2CCC(c3cc(C)c4nc(-c5ccc(S(C)(=O)=O)cc5)n(C)c4c3)CC2)CC(C)N1C(C)C. The molecule has 0 bridgehead atoms. The predicted octanol–water partition coefficient (Wildman–Crippen LogP) is 6.17. The number of fused-ring (bicyclic) bond motifs is 1. The minimum absolute atomic E-state index is 0.333. The average Bonchev–Trinajstić information content (AvgIpc) is 3.24. The Hall–Kier alpha value is -2.22. The van der Waals surface area contributed by atoms with Crippen LogP contribution in [0.2, 0.25) is 0 Å². The van der Waals surface area contributed by atoms with Crippen LogP contribution in [0.4, 0.5) is 0 Å². The lowest BCUT2D eigenvalue weighted by molar-refractivity contribution is -0.000173. The number of benzene rings is 2. The first-order chi connectivity index (χ1) is 18.5. The van der Waals surface area contributed by atoms with Crippen LogP contribution in [0.15, 0.2) is 41.3 Å². The van der Waals surface area contributed by atoms with Crippen molar-refractivity contribution in [3.8, 4) is 11.4 Å². The van der Waals surface area contributed by atoms with Crippen molar-refractivity contribution < 1.29 is 8.42 Å². The highest BCUT2D eigenvalue weighted by Gasteiger charge is 2.37. The normalized spacial score (nSPS) is 24.2. The van der Waals surface area contributed by atoms with Gasteiger partial charge in [0.15, 0.2) is 9.84 Å². The maximum atomic E-state index is 11.9. The molecule has 2 aromatic carbocycles. The van der Waals surface area contributed by atoms with Gasteiger partial charge >= 0.3 is 0 Å². The number of imidazole rings is 1. The van der Waals surface area contributed by atoms with E-state index in [4.69, 9.17) is 4.98 Å². The van der Waals surface area contributed by atoms with E-state index in [1.165, 1.54) is 62.6 Å². The largest absolute Gasteiger partial charge is 0.327 e. The summed E-state index contributed by atoms with van der Waals surface area (Å²) < 4.78 is 25.9. The fraction of sp³-hybridized carbons (Fsp3) is 0.594. The maximum Gasteiger partial charge on any atom is 0.175 e. The summed E-state index contributed by atoms with van der Waals surface area (Å²) in [5.74, 6) is 1.44. The van der Waals surface area contributed by atoms with Gasteiger partial charge in [-0.1, -0.05) is 13.0 Å². The first kappa shape index (κ1) is 28.3. The zero-order chi connectivity index (χ0) is 28.1. The first-order valence-electron chi connectivity index (χ1n) is 14.8. The Kier molecular flexibility index (Phi) is 7.97. The molecule has 0 radical (unpaired) electrons. The second-order valence-corrected chi connectivity index (χ2v) is 14.4. The molecular formula is C32H46N4O2S. The summed E-state index contributed by atoms with van der Waals surface area (Å²) in [6, 6.07) is 14.4. The van der Waals surface area contributed by atoms with Crippen LogP contribution in [-0.2, 0) is 16.9 Å². The third-order valence-corrected chi connectivity index (χ3v) is 10.5. The van der Waals surface area contributed by atoms with E-state index in [-0.39, 0.29) is 0 Å². The van der Waals surface area contributed by atoms with Crippen LogP contribution in [0.3, 0.4) is 0 Å². The topological polar surface area (TPSA) is 58.4 Å². The van der Waals surface area contributed by atoms with Gasteiger partial charge < -0.3 is 9.47 Å². The van der Waals surface area contributed by atoms with Crippen LogP contribution in [0.5, 0.6) is 0 Å². The summed E-state index contributed by atoms with van der Waals surface area (Å²) in [7, 11) is -1.15. The number of sulfone groups is 1. The van der Waals surface area contributed by atoms with Gasteiger partial charge in [-0.3, -0.25) is 4.90 Å². The van der Waals surface area contributed by atoms with E-state index in [9.17, 15) is 8.42 Å². The van der Waals surface area contributed by atoms with Crippen LogP contribution in [0.25, 0.3) is 22.4 Å². The molecule has 3 heterocycles. The number of hydrogen-bond donors (Lipinski definition) is 0. The van der Waals surface area contributed by atoms with Crippen molar-refractivity contribution in [2.24, 2.45) is 7.05 Å². The van der Waals surface area contributed by atoms with Crippen molar-refractivity contribution in [2.75, 3.05) is 19.3 Å². The van der Waals surface area contributed by atoms with Crippen LogP contribution in [0, 0.1) is 6.92 Å². The standard InChI is InChI=1S/C32H46N4O2S/c1-8-27-20-28(18-23(5)36(27)21(2)3)35-15-13-24(14-16-35)26-17-22(4)31-30(19-26)34(6)32(33-31)25-9-11-29(12-10-25)39(7,37)38/h9-12,17,19,21,23-24,27-28H,8,13-16,18,20H2,1-7H3. The molecule has 2 fully saturated rings. The summed E-state index contributed by atoms with van der Waals surface area (Å²) in [5.41, 5.74) is 5.74. The van der Waals surface area contributed by atoms with Gasteiger partial charge in [-0.15, -0.1) is 0 Å². The Bertz CT molecular complexity index is 1420. The maximum absolute atomic E-state index is 11.9. The van der Waals surface area contributed by atoms with Gasteiger partial charge in [0.2, 0.25) is 0 Å². The van der Waals surface area contributed by atoms with Crippen molar-refractivity contribution in [3.05, 3.63) is 47.5 Å². The molecule has 0 spiro atoms. The lowest BCUT2D eigenvalue weighted by Crippen LogP contribution is -2.56. The van der Waals surface area contributed by atoms with Gasteiger partial charge in [0, 0.05) is 43.0 Å². The number of piperidine rings is 2. The molecule has 2 aliphatic heterocycles. The predicted molar refractivity (Wildman–Crippen MR) is 161 cm³/mol. The van der Waals surface area contributed by atoms with Gasteiger partial charge in [0.05, 0.1) is 15.9 Å². The Morgan fingerprint density at radius 3 is 2.31 bits per heavy atom. The number of aromatic nitrogens is 2. The van der Waals surface area contributed by atoms with Crippen molar-refractivity contribution in [2.45, 2.75) is 102 Å². The minimum atomic E-state index is -3.22. The molecule has 3 unspecified atom stereocenters. The average molecular weight is 551 g/mol. The number of rotatable bonds is 6. The van der Waals surface area contributed by atoms with E-state index in [2.05, 4.69) is 68.2 Å². The molecule has 5 rings (SSSR count). The van der Waals surface area contributed by atoms with Crippen molar-refractivity contribution >= 4 is 20.9 Å². The number of likely N-dealkylation sites (tertiary alicyclic amines) is 2. The molecular weight excluding hydrogens is 504 g/mol. The molecule has 212 valence electrons. The van der Waals surface area contributed by atoms with Crippen LogP contribution >= 0.6 is 0 Å². The van der Waals surface area contributed by atoms with E-state index in [0.29, 0.717) is 35.0 Å². The highest BCUT2D eigenvalue weighted by molar-refractivity contribution is 7.90. The quantitative estimate of drug-likeness (QED) is 0.367. The van der Waals surface area contributed by atoms with Crippen molar-refractivity contribution in [1.82, 2.24) is 19.4 Å². The summed E-state index contributed by atoms with van der Waals surface area (Å²) in [6.45, 7) is 14.0. The fourth-order valence-electron chi connectivity index (χ4n) is 7.44. The summed E-state index contributed by atoms with van der Waals surface area (Å²) in [4.78, 5) is 10.9. The molecule has 6 nitrogen and oxygen atoms in total. The smallest absolute Gasteiger partial charge is 0.175 e. The van der Waals surface area contributed by atoms with Crippen LogP contribution in [0.1, 0.15) is 76.8 Å². The molecule has 2 saturated heterocycles. The zero-order valence-electron chi connectivity index (χ0n) is 24.8. The summed E-state index contributed by atoms with van der Waals surface area (Å²) in [5, 5.41) is 0. The van der Waals surface area contributed by atoms with E-state index < -0.39 is 9.84 Å². The fourth-order valence-corrected chi connectivity index (χ4v) is 8.07. The lowest BCUT2D eigenvalue weighted by Gasteiger charge is -2.50. The van der Waals surface area contributed by atoms with Gasteiger partial charge in [-0.05, 0) is 120 Å². The number of hydrogen-bond acceptors (Lipinski definition) is 5. The Labute approximate surface area is 235 Å². The molecule has 0 aliphatic carbocycles. The molecule has 0 amide bonds. The van der Waals surface area contributed by atoms with E-state index in [0.717, 1.165) is 22.4 Å². The minimum Gasteiger partial charge on any atom is -0.327 e. The molecule has 7 heteroatoms. The van der Waals surface area contributed by atoms with E-state index >= 15 is 0 Å². The lowest BCUT2D eigenvalue weighted by atomic mass is 9.84. The second-order valence-electron chi connectivity index (χ2n) is 12.4. The number of nitrogens with zero attached hydrogens (tertiary/aromatic N) is 4. The van der Waals surface area contributed by atoms with Crippen LogP contribution < -0.4 is 0 Å². The monoisotopic (exact) mass is 550 g/mol. The van der Waals surface area contributed by atoms with Crippen molar-refractivity contribution in [1.29, 1.82) is 0 Å². The molecule has 1 aromatic heterocycles. The third kappa shape index (κ3) is 5.55. The molecule has 3 atom stereocenters. The Morgan fingerprint density at radius 1 is 1.05 bits per heavy atom. The second kappa shape index (κ2) is 11.0. The van der Waals surface area contributed by atoms with Gasteiger partial charge in [0.25, 0.3) is 0 Å². The molecule has 39 heavy (non-hydrogen) atoms. The summed E-state index contributed by atoms with van der Waals surface area (Å²) in [6.07, 6.45) is 7.48. The van der Waals surface area contributed by atoms with Gasteiger partial charge in [-0.25, -0.2) is 13.4 Å². The van der Waals surface area contributed by atoms with Gasteiger partial charge in [0.1, 0.15) is 5.82 Å². The molecule has 0 saturated carbocycles. The Balaban J connectivity index is 1.32. The number of aryl methyl sites for hydroxylation is 2. The molecule has 3 aromatic rings. The molecule has 0 N–H and O–H groups in total. The zero-order valence-corrected chi connectivity index (χ0v) is 25.6. The van der Waals surface area contributed by atoms with Crippen LogP contribution in [-0.4, -0.2) is 71.3 Å². The Morgan fingerprint density at radius 2 is 1.72 bits per heavy atom. The summed E-state index contributed by atoms with van der Waals surface area (Å²) >= 11 is 0. The first-order valence-corrected chi connectivity index (χ1v) is 16.7. The molecule has 2 aliphatic rings. The third-order valence-electron chi connectivity index (χ3n) is 9.41.